The van der Waals surface area contributed by atoms with Gasteiger partial charge in [-0.3, -0.25) is 9.59 Å². The molecule has 6 heteroatoms. The van der Waals surface area contributed by atoms with Gasteiger partial charge in [-0.25, -0.2) is 0 Å². The van der Waals surface area contributed by atoms with Crippen LogP contribution in [-0.4, -0.2) is 46.9 Å². The van der Waals surface area contributed by atoms with Crippen LogP contribution in [0.5, 0.6) is 0 Å². The summed E-state index contributed by atoms with van der Waals surface area (Å²) in [4.78, 5) is 26.1. The standard InChI is InChI=1S/C56H95NO5/c1-4-7-10-13-16-19-22-25-27-28-30-32-35-38-41-44-47-52(62-56(61)49-46-43-40-37-34-31-26-23-20-17-14-11-8-5-2)50-55(60)57-53(51-58)54(59)48-45-42-39-36-33-29-24-21-18-15-12-9-6-3/h8,10-11,13,16-17,19-20,22,25-28,30-32,52-54,58-59H,4-7,9,12,14-15,18,21,23-24,29,33-51H2,1-3H3,(H,57,60)/b11-8+,13-10+,19-16+,20-17+,25-22+,28-27+,31-26+,32-30+. The van der Waals surface area contributed by atoms with Crippen molar-refractivity contribution in [3.05, 3.63) is 97.2 Å². The largest absolute Gasteiger partial charge is 0.462 e. The summed E-state index contributed by atoms with van der Waals surface area (Å²) in [7, 11) is 0. The number of nitrogens with one attached hydrogen (secondary N) is 1. The summed E-state index contributed by atoms with van der Waals surface area (Å²) in [5.74, 6) is -0.549. The number of esters is 1. The van der Waals surface area contributed by atoms with E-state index in [9.17, 15) is 19.8 Å². The Hall–Kier alpha value is -3.22. The maximum Gasteiger partial charge on any atom is 0.306 e. The van der Waals surface area contributed by atoms with E-state index in [-0.39, 0.29) is 24.9 Å². The second kappa shape index (κ2) is 48.8. The zero-order valence-electron chi connectivity index (χ0n) is 40.2. The van der Waals surface area contributed by atoms with Crippen molar-refractivity contribution in [3.63, 3.8) is 0 Å². The Morgan fingerprint density at radius 1 is 0.500 bits per heavy atom. The van der Waals surface area contributed by atoms with Gasteiger partial charge < -0.3 is 20.3 Å². The molecule has 3 atom stereocenters. The zero-order valence-corrected chi connectivity index (χ0v) is 40.2. The molecule has 0 aromatic rings. The summed E-state index contributed by atoms with van der Waals surface area (Å²) in [6.07, 6.45) is 64.6. The van der Waals surface area contributed by atoms with Crippen LogP contribution in [-0.2, 0) is 14.3 Å². The summed E-state index contributed by atoms with van der Waals surface area (Å²) in [5.41, 5.74) is 0. The lowest BCUT2D eigenvalue weighted by atomic mass is 10.0. The normalized spacial score (nSPS) is 14.1. The fourth-order valence-corrected chi connectivity index (χ4v) is 7.18. The van der Waals surface area contributed by atoms with Crippen LogP contribution in [0.4, 0.5) is 0 Å². The first kappa shape index (κ1) is 58.8. The lowest BCUT2D eigenvalue weighted by Crippen LogP contribution is -2.46. The van der Waals surface area contributed by atoms with Crippen LogP contribution in [0.25, 0.3) is 0 Å². The van der Waals surface area contributed by atoms with Gasteiger partial charge in [0.15, 0.2) is 0 Å². The second-order valence-corrected chi connectivity index (χ2v) is 17.0. The fourth-order valence-electron chi connectivity index (χ4n) is 7.18. The van der Waals surface area contributed by atoms with Gasteiger partial charge in [0.2, 0.25) is 5.91 Å². The second-order valence-electron chi connectivity index (χ2n) is 17.0. The van der Waals surface area contributed by atoms with Crippen molar-refractivity contribution in [2.24, 2.45) is 0 Å². The molecule has 3 unspecified atom stereocenters. The van der Waals surface area contributed by atoms with E-state index < -0.39 is 18.2 Å². The third kappa shape index (κ3) is 43.4. The Kier molecular flexibility index (Phi) is 46.3. The SMILES string of the molecule is CC/C=C/C/C=C/C/C=C/CCCCCCC(=O)OC(CCCCC/C=C/C=C/C=C/C=C/C=C/CCC)CC(=O)NC(CO)C(O)CCCCCCCCCCCCCCC. The lowest BCUT2D eigenvalue weighted by Gasteiger charge is -2.24. The molecule has 0 spiro atoms. The Labute approximate surface area is 382 Å². The molecule has 3 N–H and O–H groups in total. The molecule has 0 saturated carbocycles. The molecule has 1 amide bonds. The molecule has 0 aromatic carbocycles. The van der Waals surface area contributed by atoms with Crippen molar-refractivity contribution >= 4 is 11.9 Å². The van der Waals surface area contributed by atoms with Gasteiger partial charge in [-0.2, -0.15) is 0 Å². The number of aliphatic hydroxyl groups is 2. The average molecular weight is 862 g/mol. The molecule has 0 aliphatic rings. The monoisotopic (exact) mass is 862 g/mol. The number of allylic oxidation sites excluding steroid dienone is 16. The predicted molar refractivity (Wildman–Crippen MR) is 268 cm³/mol. The summed E-state index contributed by atoms with van der Waals surface area (Å²) in [6.45, 7) is 6.26. The molecule has 0 rings (SSSR count). The van der Waals surface area contributed by atoms with E-state index in [4.69, 9.17) is 4.74 Å². The van der Waals surface area contributed by atoms with Gasteiger partial charge in [0.05, 0.1) is 25.2 Å². The van der Waals surface area contributed by atoms with E-state index in [2.05, 4.69) is 86.8 Å². The van der Waals surface area contributed by atoms with Gasteiger partial charge in [-0.1, -0.05) is 227 Å². The van der Waals surface area contributed by atoms with E-state index in [0.717, 1.165) is 103 Å². The highest BCUT2D eigenvalue weighted by molar-refractivity contribution is 5.77. The highest BCUT2D eigenvalue weighted by atomic mass is 16.5. The lowest BCUT2D eigenvalue weighted by molar-refractivity contribution is -0.151. The topological polar surface area (TPSA) is 95.9 Å². The molecule has 0 fully saturated rings. The van der Waals surface area contributed by atoms with Crippen molar-refractivity contribution in [2.45, 2.75) is 238 Å². The number of rotatable bonds is 44. The van der Waals surface area contributed by atoms with E-state index in [1.54, 1.807) is 0 Å². The number of carbonyl (C=O) groups is 2. The number of unbranched alkanes of at least 4 members (excludes halogenated alkanes) is 20. The minimum absolute atomic E-state index is 0.0348. The fraction of sp³-hybridized carbons (Fsp3) is 0.679. The summed E-state index contributed by atoms with van der Waals surface area (Å²) in [5, 5.41) is 23.8. The van der Waals surface area contributed by atoms with Gasteiger partial charge in [0.1, 0.15) is 6.10 Å². The van der Waals surface area contributed by atoms with Crippen LogP contribution >= 0.6 is 0 Å². The Balaban J connectivity index is 4.75. The molecule has 0 heterocycles. The van der Waals surface area contributed by atoms with Crippen molar-refractivity contribution < 1.29 is 24.5 Å². The minimum atomic E-state index is -0.809. The highest BCUT2D eigenvalue weighted by Crippen LogP contribution is 2.17. The van der Waals surface area contributed by atoms with Crippen LogP contribution in [0.2, 0.25) is 0 Å². The van der Waals surface area contributed by atoms with Crippen molar-refractivity contribution in [2.75, 3.05) is 6.61 Å². The van der Waals surface area contributed by atoms with Gasteiger partial charge in [0, 0.05) is 6.42 Å². The highest BCUT2D eigenvalue weighted by Gasteiger charge is 2.24. The number of amides is 1. The van der Waals surface area contributed by atoms with E-state index in [1.165, 1.54) is 70.6 Å². The van der Waals surface area contributed by atoms with Crippen LogP contribution in [0.15, 0.2) is 97.2 Å². The predicted octanol–water partition coefficient (Wildman–Crippen LogP) is 15.3. The molecule has 354 valence electrons. The van der Waals surface area contributed by atoms with E-state index in [0.29, 0.717) is 19.3 Å². The summed E-state index contributed by atoms with van der Waals surface area (Å²) < 4.78 is 5.90. The number of hydrogen-bond acceptors (Lipinski definition) is 5. The Morgan fingerprint density at radius 3 is 1.55 bits per heavy atom. The van der Waals surface area contributed by atoms with Gasteiger partial charge in [-0.15, -0.1) is 0 Å². The smallest absolute Gasteiger partial charge is 0.306 e. The number of hydrogen-bond donors (Lipinski definition) is 3. The molecule has 0 saturated heterocycles. The molecule has 6 nitrogen and oxygen atoms in total. The van der Waals surface area contributed by atoms with Crippen molar-refractivity contribution in [1.82, 2.24) is 5.32 Å². The molecular formula is C56H95NO5. The first-order valence-corrected chi connectivity index (χ1v) is 25.5. The first-order valence-electron chi connectivity index (χ1n) is 25.5. The van der Waals surface area contributed by atoms with Gasteiger partial charge >= 0.3 is 5.97 Å². The molecule has 0 radical (unpaired) electrons. The zero-order chi connectivity index (χ0) is 45.2. The number of ether oxygens (including phenoxy) is 1. The molecular weight excluding hydrogens is 767 g/mol. The number of carbonyl (C=O) groups excluding carboxylic acids is 2. The quantitative estimate of drug-likeness (QED) is 0.0245. The molecule has 0 bridgehead atoms. The molecule has 0 aliphatic carbocycles. The van der Waals surface area contributed by atoms with E-state index in [1.807, 2.05) is 36.5 Å². The third-order valence-corrected chi connectivity index (χ3v) is 11.0. The Morgan fingerprint density at radius 2 is 0.968 bits per heavy atom. The van der Waals surface area contributed by atoms with Crippen LogP contribution in [0, 0.1) is 0 Å². The first-order chi connectivity index (χ1) is 30.5. The Bertz CT molecular complexity index is 1240. The summed E-state index contributed by atoms with van der Waals surface area (Å²) in [6, 6.07) is -0.726. The number of aliphatic hydroxyl groups excluding tert-OH is 2. The molecule has 62 heavy (non-hydrogen) atoms. The van der Waals surface area contributed by atoms with Crippen molar-refractivity contribution in [1.29, 1.82) is 0 Å². The van der Waals surface area contributed by atoms with Gasteiger partial charge in [-0.05, 0) is 77.0 Å². The van der Waals surface area contributed by atoms with Crippen LogP contribution in [0.1, 0.15) is 220 Å². The van der Waals surface area contributed by atoms with Gasteiger partial charge in [0.25, 0.3) is 0 Å². The van der Waals surface area contributed by atoms with Crippen molar-refractivity contribution in [3.8, 4) is 0 Å². The average Bonchev–Trinajstić information content (AvgIpc) is 3.26. The molecule has 0 aliphatic heterocycles. The van der Waals surface area contributed by atoms with E-state index >= 15 is 0 Å². The summed E-state index contributed by atoms with van der Waals surface area (Å²) >= 11 is 0. The van der Waals surface area contributed by atoms with Crippen LogP contribution in [0.3, 0.4) is 0 Å². The molecule has 0 aromatic heterocycles. The van der Waals surface area contributed by atoms with Crippen LogP contribution < -0.4 is 5.32 Å². The maximum absolute atomic E-state index is 13.2. The third-order valence-electron chi connectivity index (χ3n) is 11.0. The maximum atomic E-state index is 13.2. The minimum Gasteiger partial charge on any atom is -0.462 e.